The van der Waals surface area contributed by atoms with Gasteiger partial charge in [-0.25, -0.2) is 8.42 Å². The molecule has 1 aliphatic heterocycles. The first-order chi connectivity index (χ1) is 12.4. The van der Waals surface area contributed by atoms with Gasteiger partial charge in [-0.2, -0.15) is 4.31 Å². The van der Waals surface area contributed by atoms with Gasteiger partial charge in [0.25, 0.3) is 0 Å². The van der Waals surface area contributed by atoms with Crippen LogP contribution in [-0.2, 0) is 10.0 Å². The number of thioether (sulfide) groups is 1. The molecule has 1 unspecified atom stereocenters. The maximum Gasteiger partial charge on any atom is 0.244 e. The Labute approximate surface area is 159 Å². The van der Waals surface area contributed by atoms with Crippen molar-refractivity contribution in [1.82, 2.24) is 4.31 Å². The Bertz CT molecular complexity index is 912. The summed E-state index contributed by atoms with van der Waals surface area (Å²) in [6, 6.07) is 10.9. The molecule has 0 spiro atoms. The van der Waals surface area contributed by atoms with E-state index >= 15 is 0 Å². The van der Waals surface area contributed by atoms with Crippen molar-refractivity contribution in [3.8, 4) is 11.5 Å². The molecule has 1 fully saturated rings. The van der Waals surface area contributed by atoms with Crippen molar-refractivity contribution in [2.24, 2.45) is 0 Å². The zero-order valence-electron chi connectivity index (χ0n) is 15.4. The van der Waals surface area contributed by atoms with Crippen LogP contribution in [0.25, 0.3) is 0 Å². The van der Waals surface area contributed by atoms with E-state index in [4.69, 9.17) is 9.47 Å². The SMILES string of the molecule is COc1ccc(C2SCCN2S(=O)(=O)c2ccc(C)c(C)c2)cc1OC. The predicted molar refractivity (Wildman–Crippen MR) is 105 cm³/mol. The Balaban J connectivity index is 1.98. The van der Waals surface area contributed by atoms with Crippen LogP contribution in [0.5, 0.6) is 11.5 Å². The van der Waals surface area contributed by atoms with Crippen molar-refractivity contribution in [2.75, 3.05) is 26.5 Å². The Morgan fingerprint density at radius 2 is 1.73 bits per heavy atom. The number of hydrogen-bond donors (Lipinski definition) is 0. The van der Waals surface area contributed by atoms with Gasteiger partial charge in [0, 0.05) is 12.3 Å². The fraction of sp³-hybridized carbons (Fsp3) is 0.368. The lowest BCUT2D eigenvalue weighted by atomic mass is 10.1. The molecule has 0 aliphatic carbocycles. The average molecular weight is 394 g/mol. The average Bonchev–Trinajstić information content (AvgIpc) is 3.14. The molecule has 5 nitrogen and oxygen atoms in total. The third kappa shape index (κ3) is 3.43. The lowest BCUT2D eigenvalue weighted by Crippen LogP contribution is -2.30. The molecule has 7 heteroatoms. The van der Waals surface area contributed by atoms with E-state index in [1.54, 1.807) is 42.4 Å². The van der Waals surface area contributed by atoms with Crippen molar-refractivity contribution in [2.45, 2.75) is 24.1 Å². The van der Waals surface area contributed by atoms with E-state index in [1.165, 1.54) is 0 Å². The van der Waals surface area contributed by atoms with Crippen LogP contribution in [-0.4, -0.2) is 39.2 Å². The summed E-state index contributed by atoms with van der Waals surface area (Å²) in [5.74, 6) is 1.98. The molecule has 26 heavy (non-hydrogen) atoms. The van der Waals surface area contributed by atoms with E-state index in [-0.39, 0.29) is 5.37 Å². The molecule has 2 aromatic rings. The van der Waals surface area contributed by atoms with Crippen LogP contribution in [0.3, 0.4) is 0 Å². The summed E-state index contributed by atoms with van der Waals surface area (Å²) in [5, 5.41) is -0.276. The first kappa shape index (κ1) is 19.1. The maximum atomic E-state index is 13.2. The number of nitrogens with zero attached hydrogens (tertiary/aromatic N) is 1. The number of benzene rings is 2. The highest BCUT2D eigenvalue weighted by Gasteiger charge is 2.37. The van der Waals surface area contributed by atoms with E-state index in [1.807, 2.05) is 38.1 Å². The standard InChI is InChI=1S/C19H23NO4S2/c1-13-5-7-16(11-14(13)2)26(21,22)20-9-10-25-19(20)15-6-8-17(23-3)18(12-15)24-4/h5-8,11-12,19H,9-10H2,1-4H3. The minimum Gasteiger partial charge on any atom is -0.493 e. The van der Waals surface area contributed by atoms with E-state index in [2.05, 4.69) is 0 Å². The number of sulfonamides is 1. The predicted octanol–water partition coefficient (Wildman–Crippen LogP) is 3.76. The van der Waals surface area contributed by atoms with Crippen molar-refractivity contribution >= 4 is 21.8 Å². The van der Waals surface area contributed by atoms with E-state index in [9.17, 15) is 8.42 Å². The van der Waals surface area contributed by atoms with Crippen LogP contribution in [0.1, 0.15) is 22.1 Å². The fourth-order valence-electron chi connectivity index (χ4n) is 2.98. The third-order valence-electron chi connectivity index (χ3n) is 4.63. The molecule has 0 aromatic heterocycles. The molecule has 1 saturated heterocycles. The van der Waals surface area contributed by atoms with Gasteiger partial charge >= 0.3 is 0 Å². The Kier molecular flexibility index (Phi) is 5.50. The molecule has 2 aromatic carbocycles. The van der Waals surface area contributed by atoms with Crippen LogP contribution in [0.15, 0.2) is 41.3 Å². The van der Waals surface area contributed by atoms with Gasteiger partial charge in [0.1, 0.15) is 0 Å². The van der Waals surface area contributed by atoms with Gasteiger partial charge in [0.05, 0.1) is 24.5 Å². The first-order valence-electron chi connectivity index (χ1n) is 8.31. The number of hydrogen-bond acceptors (Lipinski definition) is 5. The highest BCUT2D eigenvalue weighted by Crippen LogP contribution is 2.43. The van der Waals surface area contributed by atoms with Crippen LogP contribution in [0, 0.1) is 13.8 Å². The fourth-order valence-corrected chi connectivity index (χ4v) is 6.30. The van der Waals surface area contributed by atoms with Crippen molar-refractivity contribution in [1.29, 1.82) is 0 Å². The Morgan fingerprint density at radius 3 is 2.38 bits per heavy atom. The summed E-state index contributed by atoms with van der Waals surface area (Å²) in [6.45, 7) is 4.39. The number of ether oxygens (including phenoxy) is 2. The highest BCUT2D eigenvalue weighted by atomic mass is 32.2. The molecular weight excluding hydrogens is 370 g/mol. The van der Waals surface area contributed by atoms with Crippen LogP contribution >= 0.6 is 11.8 Å². The topological polar surface area (TPSA) is 55.8 Å². The normalized spacial score (nSPS) is 18.1. The lowest BCUT2D eigenvalue weighted by molar-refractivity contribution is 0.353. The second-order valence-electron chi connectivity index (χ2n) is 6.20. The van der Waals surface area contributed by atoms with Crippen molar-refractivity contribution in [3.63, 3.8) is 0 Å². The van der Waals surface area contributed by atoms with Gasteiger partial charge in [-0.15, -0.1) is 11.8 Å². The second kappa shape index (κ2) is 7.50. The third-order valence-corrected chi connectivity index (χ3v) is 7.88. The molecule has 3 rings (SSSR count). The first-order valence-corrected chi connectivity index (χ1v) is 10.8. The van der Waals surface area contributed by atoms with Gasteiger partial charge < -0.3 is 9.47 Å². The minimum absolute atomic E-state index is 0.276. The zero-order valence-corrected chi connectivity index (χ0v) is 17.0. The van der Waals surface area contributed by atoms with Crippen LogP contribution in [0.2, 0.25) is 0 Å². The Hall–Kier alpha value is -1.70. The molecule has 140 valence electrons. The minimum atomic E-state index is -3.57. The van der Waals surface area contributed by atoms with Crippen LogP contribution in [0.4, 0.5) is 0 Å². The molecular formula is C19H23NO4S2. The smallest absolute Gasteiger partial charge is 0.244 e. The van der Waals surface area contributed by atoms with Gasteiger partial charge in [0.15, 0.2) is 11.5 Å². The summed E-state index contributed by atoms with van der Waals surface area (Å²) < 4.78 is 38.7. The van der Waals surface area contributed by atoms with E-state index in [0.717, 1.165) is 22.4 Å². The quantitative estimate of drug-likeness (QED) is 0.774. The molecule has 0 radical (unpaired) electrons. The van der Waals surface area contributed by atoms with Gasteiger partial charge in [-0.05, 0) is 54.8 Å². The molecule has 0 saturated carbocycles. The zero-order chi connectivity index (χ0) is 18.9. The number of aryl methyl sites for hydroxylation is 2. The largest absolute Gasteiger partial charge is 0.493 e. The lowest BCUT2D eigenvalue weighted by Gasteiger charge is -2.24. The molecule has 0 amide bonds. The molecule has 0 N–H and O–H groups in total. The summed E-state index contributed by atoms with van der Waals surface area (Å²) >= 11 is 1.62. The van der Waals surface area contributed by atoms with Crippen LogP contribution < -0.4 is 9.47 Å². The molecule has 1 atom stereocenters. The van der Waals surface area contributed by atoms with Gasteiger partial charge in [-0.3, -0.25) is 0 Å². The molecule has 1 aliphatic rings. The summed E-state index contributed by atoms with van der Waals surface area (Å²) in [7, 11) is -0.412. The van der Waals surface area contributed by atoms with E-state index in [0.29, 0.717) is 22.9 Å². The number of methoxy groups -OCH3 is 2. The maximum absolute atomic E-state index is 13.2. The monoisotopic (exact) mass is 393 g/mol. The van der Waals surface area contributed by atoms with Crippen molar-refractivity contribution < 1.29 is 17.9 Å². The Morgan fingerprint density at radius 1 is 1.00 bits per heavy atom. The molecule has 0 bridgehead atoms. The van der Waals surface area contributed by atoms with E-state index < -0.39 is 10.0 Å². The molecule has 1 heterocycles. The van der Waals surface area contributed by atoms with Gasteiger partial charge in [-0.1, -0.05) is 12.1 Å². The summed E-state index contributed by atoms with van der Waals surface area (Å²) in [5.41, 5.74) is 2.94. The second-order valence-corrected chi connectivity index (χ2v) is 9.28. The summed E-state index contributed by atoms with van der Waals surface area (Å²) in [6.07, 6.45) is 0. The number of rotatable bonds is 5. The summed E-state index contributed by atoms with van der Waals surface area (Å²) in [4.78, 5) is 0.341. The highest BCUT2D eigenvalue weighted by molar-refractivity contribution is 8.01. The van der Waals surface area contributed by atoms with Gasteiger partial charge in [0.2, 0.25) is 10.0 Å². The van der Waals surface area contributed by atoms with Crippen molar-refractivity contribution in [3.05, 3.63) is 53.1 Å².